The molecule has 48 heavy (non-hydrogen) atoms. The van der Waals surface area contributed by atoms with Crippen LogP contribution in [0.4, 0.5) is 0 Å². The number of nitrogens with one attached hydrogen (secondary N) is 2. The summed E-state index contributed by atoms with van der Waals surface area (Å²) in [6.45, 7) is 5.68. The van der Waals surface area contributed by atoms with Crippen molar-refractivity contribution in [1.29, 1.82) is 0 Å². The van der Waals surface area contributed by atoms with Crippen molar-refractivity contribution in [1.82, 2.24) is 15.2 Å². The maximum atomic E-state index is 13.6. The topological polar surface area (TPSA) is 138 Å². The summed E-state index contributed by atoms with van der Waals surface area (Å²) in [6.07, 6.45) is 11.5. The van der Waals surface area contributed by atoms with Crippen molar-refractivity contribution in [2.24, 2.45) is 0 Å². The highest BCUT2D eigenvalue weighted by molar-refractivity contribution is 6.30. The molecular formula is C37H50ClN3O7. The van der Waals surface area contributed by atoms with Crippen molar-refractivity contribution in [2.75, 3.05) is 32.9 Å². The van der Waals surface area contributed by atoms with Gasteiger partial charge in [-0.3, -0.25) is 19.3 Å². The number of aliphatic carboxylic acids is 1. The van der Waals surface area contributed by atoms with Gasteiger partial charge in [0.15, 0.2) is 5.66 Å². The molecule has 3 N–H and O–H groups in total. The summed E-state index contributed by atoms with van der Waals surface area (Å²) < 4.78 is 11.0. The van der Waals surface area contributed by atoms with E-state index in [1.165, 1.54) is 51.0 Å². The highest BCUT2D eigenvalue weighted by atomic mass is 35.5. The van der Waals surface area contributed by atoms with Gasteiger partial charge in [-0.15, -0.1) is 0 Å². The van der Waals surface area contributed by atoms with E-state index in [0.29, 0.717) is 54.4 Å². The standard InChI is InChI=1S/C25H26ClN3O5.C12H24O2/c1-2-34-24(32)25(29-11-13-33-14-12-29,28-23(31)17-7-9-19(26)10-8-17)16-18-15-22(30)27-21-6-4-3-5-20(18)21;1-2-3-4-5-6-7-8-9-10-11-12(13)14/h3-10,15H,2,11-14,16H2,1H3,(H,27,30)(H,28,31);2-11H2,1H3,(H,13,14). The summed E-state index contributed by atoms with van der Waals surface area (Å²) in [4.78, 5) is 54.3. The zero-order chi connectivity index (χ0) is 34.8. The molecule has 3 aromatic rings. The lowest BCUT2D eigenvalue weighted by atomic mass is 9.93. The Morgan fingerprint density at radius 1 is 0.938 bits per heavy atom. The van der Waals surface area contributed by atoms with Gasteiger partial charge < -0.3 is 24.9 Å². The Kier molecular flexibility index (Phi) is 16.6. The third-order valence-corrected chi connectivity index (χ3v) is 8.62. The number of esters is 1. The molecule has 1 saturated heterocycles. The number of pyridine rings is 1. The minimum atomic E-state index is -1.55. The molecule has 0 aliphatic carbocycles. The molecule has 1 unspecified atom stereocenters. The van der Waals surface area contributed by atoms with Crippen LogP contribution >= 0.6 is 11.6 Å². The molecule has 1 atom stereocenters. The molecule has 1 fully saturated rings. The Labute approximate surface area is 288 Å². The molecule has 0 spiro atoms. The van der Waals surface area contributed by atoms with E-state index in [-0.39, 0.29) is 18.6 Å². The van der Waals surface area contributed by atoms with Crippen molar-refractivity contribution >= 4 is 40.3 Å². The van der Waals surface area contributed by atoms with Gasteiger partial charge in [0.05, 0.1) is 19.8 Å². The van der Waals surface area contributed by atoms with Gasteiger partial charge in [0.25, 0.3) is 5.91 Å². The number of aromatic nitrogens is 1. The van der Waals surface area contributed by atoms with Crippen LogP contribution in [0.15, 0.2) is 59.4 Å². The fourth-order valence-electron chi connectivity index (χ4n) is 5.83. The molecule has 0 saturated carbocycles. The highest BCUT2D eigenvalue weighted by Gasteiger charge is 2.48. The maximum absolute atomic E-state index is 13.6. The number of morpholine rings is 1. The second-order valence-electron chi connectivity index (χ2n) is 12.0. The average molecular weight is 684 g/mol. The number of carbonyl (C=O) groups excluding carboxylic acids is 2. The quantitative estimate of drug-likeness (QED) is 0.105. The van der Waals surface area contributed by atoms with E-state index < -0.39 is 23.5 Å². The Hall–Kier alpha value is -3.73. The largest absolute Gasteiger partial charge is 0.481 e. The molecule has 2 heterocycles. The predicted molar refractivity (Wildman–Crippen MR) is 188 cm³/mol. The number of fused-ring (bicyclic) bond motifs is 1. The lowest BCUT2D eigenvalue weighted by Crippen LogP contribution is -2.69. The Balaban J connectivity index is 0.000000378. The number of hydrogen-bond donors (Lipinski definition) is 3. The summed E-state index contributed by atoms with van der Waals surface area (Å²) in [6, 6.07) is 15.2. The first kappa shape index (κ1) is 38.7. The average Bonchev–Trinajstić information content (AvgIpc) is 3.08. The second kappa shape index (κ2) is 20.6. The van der Waals surface area contributed by atoms with Gasteiger partial charge in [-0.25, -0.2) is 4.79 Å². The molecule has 1 aliphatic rings. The number of H-pyrrole nitrogens is 1. The third-order valence-electron chi connectivity index (χ3n) is 8.37. The third kappa shape index (κ3) is 12.1. The van der Waals surface area contributed by atoms with Gasteiger partial charge in [0.1, 0.15) is 0 Å². The van der Waals surface area contributed by atoms with Crippen LogP contribution in [0.25, 0.3) is 10.9 Å². The van der Waals surface area contributed by atoms with Crippen LogP contribution in [-0.2, 0) is 25.5 Å². The number of amides is 1. The minimum absolute atomic E-state index is 0.0373. The van der Waals surface area contributed by atoms with Crippen LogP contribution in [0.2, 0.25) is 5.02 Å². The number of carbonyl (C=O) groups is 3. The second-order valence-corrected chi connectivity index (χ2v) is 12.4. The van der Waals surface area contributed by atoms with E-state index in [1.54, 1.807) is 37.3 Å². The van der Waals surface area contributed by atoms with Crippen molar-refractivity contribution < 1.29 is 29.0 Å². The smallest absolute Gasteiger partial charge is 0.347 e. The van der Waals surface area contributed by atoms with Crippen molar-refractivity contribution in [3.63, 3.8) is 0 Å². The van der Waals surface area contributed by atoms with Gasteiger partial charge >= 0.3 is 11.9 Å². The lowest BCUT2D eigenvalue weighted by Gasteiger charge is -2.44. The number of para-hydroxylation sites is 1. The number of rotatable bonds is 17. The van der Waals surface area contributed by atoms with Gasteiger partial charge in [-0.1, -0.05) is 88.1 Å². The highest BCUT2D eigenvalue weighted by Crippen LogP contribution is 2.27. The van der Waals surface area contributed by atoms with E-state index in [2.05, 4.69) is 17.2 Å². The summed E-state index contributed by atoms with van der Waals surface area (Å²) >= 11 is 5.98. The normalized spacial score (nSPS) is 14.4. The number of benzene rings is 2. The Morgan fingerprint density at radius 2 is 1.56 bits per heavy atom. The van der Waals surface area contributed by atoms with Crippen molar-refractivity contribution in [3.05, 3.63) is 81.1 Å². The number of carboxylic acids is 1. The summed E-state index contributed by atoms with van der Waals surface area (Å²) in [7, 11) is 0. The zero-order valence-electron chi connectivity index (χ0n) is 28.2. The van der Waals surface area contributed by atoms with E-state index >= 15 is 0 Å². The molecule has 1 aliphatic heterocycles. The van der Waals surface area contributed by atoms with Gasteiger partial charge in [-0.05, 0) is 49.2 Å². The van der Waals surface area contributed by atoms with Crippen LogP contribution in [0.3, 0.4) is 0 Å². The number of carboxylic acid groups (broad SMARTS) is 1. The van der Waals surface area contributed by atoms with E-state index in [0.717, 1.165) is 18.2 Å². The first-order chi connectivity index (χ1) is 23.2. The summed E-state index contributed by atoms with van der Waals surface area (Å²) in [5.41, 5.74) is -0.226. The molecule has 2 aromatic carbocycles. The van der Waals surface area contributed by atoms with Crippen molar-refractivity contribution in [2.45, 2.75) is 90.1 Å². The van der Waals surface area contributed by atoms with Crippen LogP contribution in [0, 0.1) is 0 Å². The first-order valence-corrected chi connectivity index (χ1v) is 17.5. The van der Waals surface area contributed by atoms with E-state index in [9.17, 15) is 19.2 Å². The fraction of sp³-hybridized carbons (Fsp3) is 0.514. The zero-order valence-corrected chi connectivity index (χ0v) is 29.0. The fourth-order valence-corrected chi connectivity index (χ4v) is 5.96. The van der Waals surface area contributed by atoms with E-state index in [1.807, 2.05) is 23.1 Å². The van der Waals surface area contributed by atoms with Crippen LogP contribution in [0.5, 0.6) is 0 Å². The number of nitrogens with zero attached hydrogens (tertiary/aromatic N) is 1. The summed E-state index contributed by atoms with van der Waals surface area (Å²) in [5, 5.41) is 12.6. The monoisotopic (exact) mass is 683 g/mol. The van der Waals surface area contributed by atoms with Crippen molar-refractivity contribution in [3.8, 4) is 0 Å². The van der Waals surface area contributed by atoms with Gasteiger partial charge in [0.2, 0.25) is 5.56 Å². The SMILES string of the molecule is CCCCCCCCCCCC(=O)O.CCOC(=O)C(Cc1cc(=O)[nH]c2ccccc12)(NC(=O)c1ccc(Cl)cc1)N1CCOCC1. The van der Waals surface area contributed by atoms with Gasteiger partial charge in [-0.2, -0.15) is 0 Å². The molecule has 1 amide bonds. The maximum Gasteiger partial charge on any atom is 0.347 e. The molecule has 11 heteroatoms. The Bertz CT molecular complexity index is 1500. The molecule has 4 rings (SSSR count). The van der Waals surface area contributed by atoms with Crippen LogP contribution in [0.1, 0.15) is 94.0 Å². The van der Waals surface area contributed by atoms with Crippen LogP contribution in [-0.4, -0.2) is 71.4 Å². The number of unbranched alkanes of at least 4 members (excludes halogenated alkanes) is 8. The number of hydrogen-bond acceptors (Lipinski definition) is 7. The van der Waals surface area contributed by atoms with Crippen LogP contribution < -0.4 is 10.9 Å². The summed E-state index contributed by atoms with van der Waals surface area (Å²) in [5.74, 6) is -1.71. The molecular weight excluding hydrogens is 634 g/mol. The van der Waals surface area contributed by atoms with E-state index in [4.69, 9.17) is 26.2 Å². The molecule has 0 radical (unpaired) electrons. The molecule has 0 bridgehead atoms. The molecule has 1 aromatic heterocycles. The molecule has 10 nitrogen and oxygen atoms in total. The predicted octanol–water partition coefficient (Wildman–Crippen LogP) is 6.74. The first-order valence-electron chi connectivity index (χ1n) is 17.1. The number of halogens is 1. The number of aromatic amines is 1. The lowest BCUT2D eigenvalue weighted by molar-refractivity contribution is -0.163. The molecule has 262 valence electrons. The minimum Gasteiger partial charge on any atom is -0.481 e. The van der Waals surface area contributed by atoms with Gasteiger partial charge in [0, 0.05) is 53.5 Å². The Morgan fingerprint density at radius 3 is 2.19 bits per heavy atom. The number of ether oxygens (including phenoxy) is 2.